The summed E-state index contributed by atoms with van der Waals surface area (Å²) in [6.07, 6.45) is 5.80. The first-order valence-electron chi connectivity index (χ1n) is 9.72. The minimum absolute atomic E-state index is 0.0710. The summed E-state index contributed by atoms with van der Waals surface area (Å²) in [6, 6.07) is 2.00. The first kappa shape index (κ1) is 17.7. The minimum atomic E-state index is -0.0710. The van der Waals surface area contributed by atoms with Gasteiger partial charge in [-0.1, -0.05) is 6.92 Å². The second-order valence-electron chi connectivity index (χ2n) is 7.26. The molecule has 2 fully saturated rings. The zero-order valence-electron chi connectivity index (χ0n) is 15.4. The van der Waals surface area contributed by atoms with Crippen LogP contribution in [-0.2, 0) is 4.79 Å². The van der Waals surface area contributed by atoms with Crippen molar-refractivity contribution in [3.05, 3.63) is 17.8 Å². The lowest BCUT2D eigenvalue weighted by Crippen LogP contribution is -2.49. The zero-order chi connectivity index (χ0) is 17.9. The second-order valence-corrected chi connectivity index (χ2v) is 8.16. The van der Waals surface area contributed by atoms with Crippen molar-refractivity contribution in [1.29, 1.82) is 0 Å². The predicted molar refractivity (Wildman–Crippen MR) is 106 cm³/mol. The normalized spacial score (nSPS) is 21.7. The van der Waals surface area contributed by atoms with Crippen LogP contribution >= 0.6 is 11.3 Å². The molecule has 6 nitrogen and oxygen atoms in total. The van der Waals surface area contributed by atoms with Gasteiger partial charge in [0.2, 0.25) is 5.91 Å². The minimum Gasteiger partial charge on any atom is -0.344 e. The molecule has 1 atom stereocenters. The lowest BCUT2D eigenvalue weighted by Gasteiger charge is -2.36. The number of carbonyl (C=O) groups excluding carboxylic acids is 1. The molecule has 0 aromatic carbocycles. The van der Waals surface area contributed by atoms with Crippen LogP contribution in [0.1, 0.15) is 32.6 Å². The molecule has 1 unspecified atom stereocenters. The Kier molecular flexibility index (Phi) is 5.36. The Bertz CT molecular complexity index is 755. The Hall–Kier alpha value is -1.73. The molecule has 2 aliphatic heterocycles. The van der Waals surface area contributed by atoms with E-state index in [1.165, 1.54) is 0 Å². The summed E-state index contributed by atoms with van der Waals surface area (Å²) in [6.45, 7) is 6.91. The standard InChI is InChI=1S/C19H27N5OS/c1-2-20-12-14-5-9-23(10-6-14)19(25)16-4-3-8-24(16)17-15-7-11-26-18(15)22-13-21-17/h7,11,13-14,16,20H,2-6,8-10,12H2,1H3. The highest BCUT2D eigenvalue weighted by molar-refractivity contribution is 7.16. The topological polar surface area (TPSA) is 61.4 Å². The van der Waals surface area contributed by atoms with E-state index in [4.69, 9.17) is 0 Å². The van der Waals surface area contributed by atoms with Crippen molar-refractivity contribution in [1.82, 2.24) is 20.2 Å². The number of piperidine rings is 1. The number of rotatable bonds is 5. The molecule has 0 spiro atoms. The number of fused-ring (bicyclic) bond motifs is 1. The smallest absolute Gasteiger partial charge is 0.245 e. The third kappa shape index (κ3) is 3.42. The van der Waals surface area contributed by atoms with Crippen molar-refractivity contribution < 1.29 is 4.79 Å². The summed E-state index contributed by atoms with van der Waals surface area (Å²) < 4.78 is 0. The number of thiophene rings is 1. The van der Waals surface area contributed by atoms with Gasteiger partial charge in [-0.25, -0.2) is 9.97 Å². The van der Waals surface area contributed by atoms with Crippen molar-refractivity contribution in [2.45, 2.75) is 38.6 Å². The lowest BCUT2D eigenvalue weighted by atomic mass is 9.96. The number of aromatic nitrogens is 2. The third-order valence-corrected chi connectivity index (χ3v) is 6.48. The van der Waals surface area contributed by atoms with Crippen LogP contribution in [0, 0.1) is 5.92 Å². The molecule has 140 valence electrons. The zero-order valence-corrected chi connectivity index (χ0v) is 16.2. The average molecular weight is 374 g/mol. The van der Waals surface area contributed by atoms with E-state index in [0.717, 1.165) is 74.4 Å². The van der Waals surface area contributed by atoms with Gasteiger partial charge in [-0.3, -0.25) is 4.79 Å². The maximum atomic E-state index is 13.2. The molecule has 1 amide bonds. The van der Waals surface area contributed by atoms with Crippen LogP contribution in [0.2, 0.25) is 0 Å². The molecular weight excluding hydrogens is 346 g/mol. The van der Waals surface area contributed by atoms with E-state index in [9.17, 15) is 4.79 Å². The summed E-state index contributed by atoms with van der Waals surface area (Å²) in [7, 11) is 0. The van der Waals surface area contributed by atoms with E-state index in [1.54, 1.807) is 17.7 Å². The molecule has 2 aromatic rings. The fraction of sp³-hybridized carbons (Fsp3) is 0.632. The Morgan fingerprint density at radius 1 is 1.27 bits per heavy atom. The Balaban J connectivity index is 1.45. The number of carbonyl (C=O) groups is 1. The highest BCUT2D eigenvalue weighted by Crippen LogP contribution is 2.32. The van der Waals surface area contributed by atoms with Gasteiger partial charge in [-0.05, 0) is 56.1 Å². The molecule has 2 saturated heterocycles. The molecule has 7 heteroatoms. The molecule has 2 aliphatic rings. The molecule has 0 saturated carbocycles. The molecule has 0 bridgehead atoms. The third-order valence-electron chi connectivity index (χ3n) is 5.66. The van der Waals surface area contributed by atoms with Crippen LogP contribution in [0.4, 0.5) is 5.82 Å². The number of likely N-dealkylation sites (tertiary alicyclic amines) is 1. The summed E-state index contributed by atoms with van der Waals surface area (Å²) in [5.74, 6) is 1.91. The van der Waals surface area contributed by atoms with Gasteiger partial charge in [0.25, 0.3) is 0 Å². The molecule has 26 heavy (non-hydrogen) atoms. The van der Waals surface area contributed by atoms with Crippen LogP contribution in [0.3, 0.4) is 0 Å². The number of amides is 1. The van der Waals surface area contributed by atoms with Crippen molar-refractivity contribution >= 4 is 33.3 Å². The largest absolute Gasteiger partial charge is 0.344 e. The van der Waals surface area contributed by atoms with Gasteiger partial charge in [0, 0.05) is 19.6 Å². The summed E-state index contributed by atoms with van der Waals surface area (Å²) in [5, 5.41) is 6.55. The van der Waals surface area contributed by atoms with Gasteiger partial charge in [-0.2, -0.15) is 0 Å². The summed E-state index contributed by atoms with van der Waals surface area (Å²) in [5.41, 5.74) is 0. The highest BCUT2D eigenvalue weighted by Gasteiger charge is 2.36. The quantitative estimate of drug-likeness (QED) is 0.873. The molecule has 2 aromatic heterocycles. The Morgan fingerprint density at radius 2 is 2.12 bits per heavy atom. The molecule has 0 radical (unpaired) electrons. The van der Waals surface area contributed by atoms with E-state index in [1.807, 2.05) is 5.38 Å². The van der Waals surface area contributed by atoms with Gasteiger partial charge >= 0.3 is 0 Å². The van der Waals surface area contributed by atoms with Crippen LogP contribution in [0.25, 0.3) is 10.2 Å². The lowest BCUT2D eigenvalue weighted by molar-refractivity contribution is -0.133. The maximum Gasteiger partial charge on any atom is 0.245 e. The molecular formula is C19H27N5OS. The number of hydrogen-bond acceptors (Lipinski definition) is 6. The fourth-order valence-corrected chi connectivity index (χ4v) is 4.93. The van der Waals surface area contributed by atoms with Crippen LogP contribution in [0.15, 0.2) is 17.8 Å². The van der Waals surface area contributed by atoms with Gasteiger partial charge < -0.3 is 15.1 Å². The van der Waals surface area contributed by atoms with E-state index in [-0.39, 0.29) is 11.9 Å². The monoisotopic (exact) mass is 373 g/mol. The van der Waals surface area contributed by atoms with Gasteiger partial charge in [-0.15, -0.1) is 11.3 Å². The van der Waals surface area contributed by atoms with Crippen molar-refractivity contribution in [2.75, 3.05) is 37.6 Å². The van der Waals surface area contributed by atoms with E-state index >= 15 is 0 Å². The van der Waals surface area contributed by atoms with Crippen LogP contribution in [-0.4, -0.2) is 59.5 Å². The number of hydrogen-bond donors (Lipinski definition) is 1. The SMILES string of the molecule is CCNCC1CCN(C(=O)C2CCCN2c2ncnc3sccc23)CC1. The number of nitrogens with one attached hydrogen (secondary N) is 1. The number of anilines is 1. The van der Waals surface area contributed by atoms with Gasteiger partial charge in [0.1, 0.15) is 23.0 Å². The predicted octanol–water partition coefficient (Wildman–Crippen LogP) is 2.51. The molecule has 0 aliphatic carbocycles. The van der Waals surface area contributed by atoms with Crippen LogP contribution < -0.4 is 10.2 Å². The second kappa shape index (κ2) is 7.88. The fourth-order valence-electron chi connectivity index (χ4n) is 4.20. The highest BCUT2D eigenvalue weighted by atomic mass is 32.1. The Morgan fingerprint density at radius 3 is 2.92 bits per heavy atom. The van der Waals surface area contributed by atoms with Gasteiger partial charge in [0.05, 0.1) is 5.39 Å². The molecule has 4 heterocycles. The van der Waals surface area contributed by atoms with E-state index in [2.05, 4.69) is 38.1 Å². The average Bonchev–Trinajstić information content (AvgIpc) is 3.35. The van der Waals surface area contributed by atoms with Gasteiger partial charge in [0.15, 0.2) is 0 Å². The van der Waals surface area contributed by atoms with Crippen LogP contribution in [0.5, 0.6) is 0 Å². The Labute approximate surface area is 158 Å². The first-order valence-corrected chi connectivity index (χ1v) is 10.6. The van der Waals surface area contributed by atoms with Crippen molar-refractivity contribution in [3.8, 4) is 0 Å². The van der Waals surface area contributed by atoms with E-state index in [0.29, 0.717) is 5.92 Å². The number of nitrogens with zero attached hydrogens (tertiary/aromatic N) is 4. The van der Waals surface area contributed by atoms with Crippen molar-refractivity contribution in [3.63, 3.8) is 0 Å². The summed E-state index contributed by atoms with van der Waals surface area (Å²) >= 11 is 1.63. The van der Waals surface area contributed by atoms with Crippen molar-refractivity contribution in [2.24, 2.45) is 5.92 Å². The maximum absolute atomic E-state index is 13.2. The van der Waals surface area contributed by atoms with E-state index < -0.39 is 0 Å². The first-order chi connectivity index (χ1) is 12.8. The molecule has 1 N–H and O–H groups in total. The summed E-state index contributed by atoms with van der Waals surface area (Å²) in [4.78, 5) is 27.4. The molecule has 4 rings (SSSR count).